The third kappa shape index (κ3) is 15.4. The summed E-state index contributed by atoms with van der Waals surface area (Å²) >= 11 is 0. The number of phosphoric acid groups is 1. The minimum Gasteiger partial charge on any atom is -0.756 e. The number of hydrogen-bond acceptors (Lipinski definition) is 8. The molecule has 8 nitrogen and oxygen atoms in total. The Labute approximate surface area is 166 Å². The van der Waals surface area contributed by atoms with Crippen LogP contribution in [0.1, 0.15) is 39.5 Å². The van der Waals surface area contributed by atoms with Gasteiger partial charge < -0.3 is 23.4 Å². The Balaban J connectivity index is 0. The van der Waals surface area contributed by atoms with Crippen molar-refractivity contribution in [2.75, 3.05) is 26.4 Å². The summed E-state index contributed by atoms with van der Waals surface area (Å²) < 4.78 is 30.6. The van der Waals surface area contributed by atoms with Gasteiger partial charge in [0.25, 0.3) is 7.82 Å². The van der Waals surface area contributed by atoms with Crippen LogP contribution in [-0.2, 0) is 32.7 Å². The second-order valence-corrected chi connectivity index (χ2v) is 6.77. The molecule has 0 aromatic rings. The molecule has 0 atom stereocenters. The number of unbranched alkanes of at least 4 members (excludes halogenated alkanes) is 2. The molecule has 0 spiro atoms. The Morgan fingerprint density at radius 1 is 0.808 bits per heavy atom. The minimum atomic E-state index is -4.35. The summed E-state index contributed by atoms with van der Waals surface area (Å²) in [5.74, 6) is -0.958. The monoisotopic (exact) mass is 384 g/mol. The maximum Gasteiger partial charge on any atom is 1.00 e. The van der Waals surface area contributed by atoms with Crippen LogP contribution >= 0.6 is 7.82 Å². The maximum absolute atomic E-state index is 11.5. The van der Waals surface area contributed by atoms with Crippen LogP contribution in [0.4, 0.5) is 0 Å². The van der Waals surface area contributed by atoms with E-state index in [2.05, 4.69) is 22.2 Å². The maximum atomic E-state index is 11.5. The fourth-order valence-electron chi connectivity index (χ4n) is 1.37. The summed E-state index contributed by atoms with van der Waals surface area (Å²) in [4.78, 5) is 33.7. The fourth-order valence-corrected chi connectivity index (χ4v) is 2.15. The Morgan fingerprint density at radius 2 is 1.12 bits per heavy atom. The van der Waals surface area contributed by atoms with Gasteiger partial charge in [-0.3, -0.25) is 4.57 Å². The molecule has 0 amide bonds. The number of ether oxygens (including phenoxy) is 2. The second kappa shape index (κ2) is 15.2. The van der Waals surface area contributed by atoms with Crippen LogP contribution in [-0.4, -0.2) is 38.4 Å². The first kappa shape index (κ1) is 27.3. The molecule has 0 aromatic heterocycles. The van der Waals surface area contributed by atoms with Crippen molar-refractivity contribution in [3.63, 3.8) is 0 Å². The Morgan fingerprint density at radius 3 is 1.42 bits per heavy atom. The van der Waals surface area contributed by atoms with Crippen LogP contribution in [0.3, 0.4) is 0 Å². The predicted octanol–water partition coefficient (Wildman–Crippen LogP) is -0.709. The molecule has 0 heterocycles. The van der Waals surface area contributed by atoms with Crippen molar-refractivity contribution < 1.29 is 56.4 Å². The van der Waals surface area contributed by atoms with Crippen molar-refractivity contribution in [1.29, 1.82) is 0 Å². The smallest absolute Gasteiger partial charge is 0.756 e. The molecule has 0 aliphatic carbocycles. The summed E-state index contributed by atoms with van der Waals surface area (Å²) in [6, 6.07) is 0. The van der Waals surface area contributed by atoms with E-state index in [1.54, 1.807) is 13.8 Å². The van der Waals surface area contributed by atoms with E-state index >= 15 is 0 Å². The van der Waals surface area contributed by atoms with Crippen LogP contribution < -0.4 is 23.8 Å². The summed E-state index contributed by atoms with van der Waals surface area (Å²) in [6.07, 6.45) is 1.73. The second-order valence-electron chi connectivity index (χ2n) is 5.36. The van der Waals surface area contributed by atoms with Gasteiger partial charge in [-0.1, -0.05) is 13.2 Å². The van der Waals surface area contributed by atoms with Crippen molar-refractivity contribution in [1.82, 2.24) is 0 Å². The van der Waals surface area contributed by atoms with Gasteiger partial charge in [0.1, 0.15) is 0 Å². The topological polar surface area (TPSA) is 111 Å². The van der Waals surface area contributed by atoms with E-state index in [1.807, 2.05) is 0 Å². The average molecular weight is 384 g/mol. The Hall–Kier alpha value is -0.873. The van der Waals surface area contributed by atoms with Gasteiger partial charge in [-0.15, -0.1) is 0 Å². The zero-order valence-electron chi connectivity index (χ0n) is 15.8. The van der Waals surface area contributed by atoms with Crippen LogP contribution in [0, 0.1) is 0 Å². The third-order valence-electron chi connectivity index (χ3n) is 2.74. The standard InChI is InChI=1S/C16H27O8P.Li/c1-13(2)15(17)21-9-5-7-11-23-25(19,20)24-12-8-6-10-22-16(18)14(3)4;/h1,3,5-12H2,2,4H3,(H,19,20);/q;+1/p-1. The van der Waals surface area contributed by atoms with Crippen molar-refractivity contribution in [3.8, 4) is 0 Å². The van der Waals surface area contributed by atoms with E-state index in [0.717, 1.165) is 0 Å². The largest absolute Gasteiger partial charge is 1.00 e. The molecule has 26 heavy (non-hydrogen) atoms. The third-order valence-corrected chi connectivity index (χ3v) is 3.74. The molecule has 0 fully saturated rings. The molecule has 0 saturated heterocycles. The summed E-state index contributed by atoms with van der Waals surface area (Å²) in [5.41, 5.74) is 0.617. The molecular formula is C16H26LiO8P. The summed E-state index contributed by atoms with van der Waals surface area (Å²) in [6.45, 7) is 10.2. The van der Waals surface area contributed by atoms with Gasteiger partial charge in [-0.25, -0.2) is 9.59 Å². The Kier molecular flexibility index (Phi) is 16.0. The minimum absolute atomic E-state index is 0. The predicted molar refractivity (Wildman–Crippen MR) is 89.5 cm³/mol. The zero-order chi connectivity index (χ0) is 19.3. The van der Waals surface area contributed by atoms with E-state index < -0.39 is 19.8 Å². The number of carbonyl (C=O) groups excluding carboxylic acids is 2. The first-order valence-corrected chi connectivity index (χ1v) is 9.37. The van der Waals surface area contributed by atoms with E-state index in [4.69, 9.17) is 9.47 Å². The Bertz CT molecular complexity index is 478. The molecule has 144 valence electrons. The van der Waals surface area contributed by atoms with Crippen molar-refractivity contribution >= 4 is 19.8 Å². The quantitative estimate of drug-likeness (QED) is 0.127. The SMILES string of the molecule is C=C(C)C(=O)OCCCCOP(=O)([O-])OCCCCOC(=O)C(=C)C.[Li+]. The van der Waals surface area contributed by atoms with E-state index in [1.165, 1.54) is 0 Å². The van der Waals surface area contributed by atoms with Gasteiger partial charge in [0.05, 0.1) is 26.4 Å². The van der Waals surface area contributed by atoms with Gasteiger partial charge in [-0.2, -0.15) is 0 Å². The number of phosphoric ester groups is 1. The van der Waals surface area contributed by atoms with E-state index in [-0.39, 0.29) is 45.3 Å². The number of hydrogen-bond donors (Lipinski definition) is 0. The molecule has 0 bridgehead atoms. The molecule has 0 rings (SSSR count). The van der Waals surface area contributed by atoms with Crippen LogP contribution in [0.25, 0.3) is 0 Å². The molecule has 0 aliphatic heterocycles. The zero-order valence-corrected chi connectivity index (χ0v) is 16.7. The normalized spacial score (nSPS) is 10.6. The van der Waals surface area contributed by atoms with Crippen molar-refractivity contribution in [3.05, 3.63) is 24.3 Å². The molecule has 0 unspecified atom stereocenters. The molecule has 0 radical (unpaired) electrons. The van der Waals surface area contributed by atoms with Gasteiger partial charge in [0.15, 0.2) is 0 Å². The van der Waals surface area contributed by atoms with E-state index in [9.17, 15) is 19.0 Å². The van der Waals surface area contributed by atoms with Gasteiger partial charge in [0, 0.05) is 11.1 Å². The molecule has 10 heteroatoms. The van der Waals surface area contributed by atoms with Gasteiger partial charge >= 0.3 is 30.8 Å². The first-order chi connectivity index (χ1) is 11.7. The molecule has 0 saturated carbocycles. The molecule has 0 aliphatic rings. The molecular weight excluding hydrogens is 358 g/mol. The average Bonchev–Trinajstić information content (AvgIpc) is 2.53. The fraction of sp³-hybridized carbons (Fsp3) is 0.625. The van der Waals surface area contributed by atoms with E-state index in [0.29, 0.717) is 36.8 Å². The number of carbonyl (C=O) groups is 2. The van der Waals surface area contributed by atoms with Gasteiger partial charge in [0.2, 0.25) is 0 Å². The molecule has 0 N–H and O–H groups in total. The van der Waals surface area contributed by atoms with Crippen LogP contribution in [0.2, 0.25) is 0 Å². The number of esters is 2. The van der Waals surface area contributed by atoms with Crippen LogP contribution in [0.5, 0.6) is 0 Å². The summed E-state index contributed by atoms with van der Waals surface area (Å²) in [5, 5.41) is 0. The first-order valence-electron chi connectivity index (χ1n) is 7.91. The van der Waals surface area contributed by atoms with Crippen molar-refractivity contribution in [2.24, 2.45) is 0 Å². The summed E-state index contributed by atoms with van der Waals surface area (Å²) in [7, 11) is -4.35. The number of rotatable bonds is 14. The van der Waals surface area contributed by atoms with Crippen molar-refractivity contribution in [2.45, 2.75) is 39.5 Å². The molecule has 0 aromatic carbocycles. The van der Waals surface area contributed by atoms with Crippen LogP contribution in [0.15, 0.2) is 24.3 Å². The van der Waals surface area contributed by atoms with Gasteiger partial charge in [-0.05, 0) is 39.5 Å².